The van der Waals surface area contributed by atoms with Gasteiger partial charge in [0.05, 0.1) is 0 Å². The molecule has 1 atom stereocenters. The summed E-state index contributed by atoms with van der Waals surface area (Å²) in [5.74, 6) is 4.82. The van der Waals surface area contributed by atoms with Crippen LogP contribution >= 0.6 is 0 Å². The quantitative estimate of drug-likeness (QED) is 0.519. The Morgan fingerprint density at radius 3 is 1.81 bits per heavy atom. The molecule has 0 nitrogen and oxygen atoms in total. The van der Waals surface area contributed by atoms with Crippen LogP contribution in [0.5, 0.6) is 0 Å². The fourth-order valence-electron chi connectivity index (χ4n) is 6.96. The summed E-state index contributed by atoms with van der Waals surface area (Å²) in [7, 11) is 0. The molecule has 4 saturated carbocycles. The van der Waals surface area contributed by atoms with Gasteiger partial charge in [-0.1, -0.05) is 31.9 Å². The Hall–Kier alpha value is -0.520. The first kappa shape index (κ1) is 13.0. The van der Waals surface area contributed by atoms with Crippen LogP contribution in [0.3, 0.4) is 0 Å². The average Bonchev–Trinajstić information content (AvgIpc) is 2.89. The van der Waals surface area contributed by atoms with Crippen molar-refractivity contribution in [2.45, 2.75) is 72.1 Å². The van der Waals surface area contributed by atoms with Crippen molar-refractivity contribution in [1.82, 2.24) is 0 Å². The minimum absolute atomic E-state index is 0.375. The highest BCUT2D eigenvalue weighted by molar-refractivity contribution is 5.58. The lowest BCUT2D eigenvalue weighted by Crippen LogP contribution is -2.36. The van der Waals surface area contributed by atoms with Crippen molar-refractivity contribution < 1.29 is 0 Å². The van der Waals surface area contributed by atoms with Gasteiger partial charge in [0.15, 0.2) is 0 Å². The molecule has 0 heteroatoms. The van der Waals surface area contributed by atoms with Crippen LogP contribution in [0.15, 0.2) is 22.3 Å². The van der Waals surface area contributed by atoms with Gasteiger partial charge in [-0.15, -0.1) is 0 Å². The van der Waals surface area contributed by atoms with E-state index in [1.807, 2.05) is 22.3 Å². The lowest BCUT2D eigenvalue weighted by Gasteiger charge is -2.47. The summed E-state index contributed by atoms with van der Waals surface area (Å²) in [6.45, 7) is 7.48. The number of allylic oxidation sites excluding steroid dienone is 4. The van der Waals surface area contributed by atoms with Crippen LogP contribution in [0.1, 0.15) is 72.1 Å². The van der Waals surface area contributed by atoms with Crippen LogP contribution in [0.2, 0.25) is 0 Å². The van der Waals surface area contributed by atoms with Crippen molar-refractivity contribution in [1.29, 1.82) is 0 Å². The van der Waals surface area contributed by atoms with Crippen molar-refractivity contribution in [2.24, 2.45) is 35.0 Å². The molecular formula is C21H30. The van der Waals surface area contributed by atoms with Crippen LogP contribution in [0.4, 0.5) is 0 Å². The van der Waals surface area contributed by atoms with Crippen molar-refractivity contribution >= 4 is 0 Å². The summed E-state index contributed by atoms with van der Waals surface area (Å²) in [5.41, 5.74) is 8.18. The summed E-state index contributed by atoms with van der Waals surface area (Å²) in [4.78, 5) is 0. The van der Waals surface area contributed by atoms with E-state index in [4.69, 9.17) is 0 Å². The molecule has 7 aliphatic carbocycles. The van der Waals surface area contributed by atoms with E-state index >= 15 is 0 Å². The average molecular weight is 282 g/mol. The molecule has 114 valence electrons. The maximum absolute atomic E-state index is 2.49. The normalized spacial score (nSPS) is 44.4. The largest absolute Gasteiger partial charge is 0.0561 e. The summed E-state index contributed by atoms with van der Waals surface area (Å²) < 4.78 is 0. The number of fused-ring (bicyclic) bond motifs is 4. The van der Waals surface area contributed by atoms with E-state index in [1.54, 1.807) is 0 Å². The smallest absolute Gasteiger partial charge is 0.00530 e. The Balaban J connectivity index is 1.75. The van der Waals surface area contributed by atoms with Gasteiger partial charge >= 0.3 is 0 Å². The van der Waals surface area contributed by atoms with Gasteiger partial charge in [-0.05, 0) is 91.6 Å². The van der Waals surface area contributed by atoms with E-state index in [-0.39, 0.29) is 0 Å². The molecule has 0 heterocycles. The molecule has 0 saturated heterocycles. The summed E-state index contributed by atoms with van der Waals surface area (Å²) in [6, 6.07) is 0. The standard InChI is InChI=1S/C21H30/c1-21(2,3)20-18-14-8-4-12(5-9-14)16(18)17-13-6-10-15(11-7-13)19(17)20/h12-16H,4-11H2,1-3H3. The fraction of sp³-hybridized carbons (Fsp3) is 0.810. The van der Waals surface area contributed by atoms with Crippen LogP contribution < -0.4 is 0 Å². The predicted molar refractivity (Wildman–Crippen MR) is 87.9 cm³/mol. The van der Waals surface area contributed by atoms with E-state index in [0.29, 0.717) is 5.41 Å². The third-order valence-electron chi connectivity index (χ3n) is 7.55. The zero-order valence-corrected chi connectivity index (χ0v) is 14.0. The fourth-order valence-corrected chi connectivity index (χ4v) is 6.96. The van der Waals surface area contributed by atoms with Crippen molar-refractivity contribution in [2.75, 3.05) is 0 Å². The Bertz CT molecular complexity index is 537. The molecule has 21 heavy (non-hydrogen) atoms. The van der Waals surface area contributed by atoms with Gasteiger partial charge < -0.3 is 0 Å². The maximum atomic E-state index is 2.49. The molecule has 4 fully saturated rings. The van der Waals surface area contributed by atoms with Crippen molar-refractivity contribution in [3.8, 4) is 0 Å². The lowest BCUT2D eigenvalue weighted by atomic mass is 9.57. The van der Waals surface area contributed by atoms with E-state index in [0.717, 1.165) is 29.6 Å². The molecule has 0 aromatic carbocycles. The number of hydrogen-bond donors (Lipinski definition) is 0. The molecule has 0 amide bonds. The SMILES string of the molecule is CC(C)(C)C1=C2C3CCC(CC3)C2C2=C1C1CCC2CC1. The highest BCUT2D eigenvalue weighted by Crippen LogP contribution is 2.66. The van der Waals surface area contributed by atoms with Crippen LogP contribution in [0, 0.1) is 35.0 Å². The molecule has 0 aromatic rings. The Kier molecular flexibility index (Phi) is 2.51. The van der Waals surface area contributed by atoms with Gasteiger partial charge in [0.25, 0.3) is 0 Å². The molecule has 4 bridgehead atoms. The highest BCUT2D eigenvalue weighted by Gasteiger charge is 2.53. The number of hydrogen-bond acceptors (Lipinski definition) is 0. The Labute approximate surface area is 130 Å². The van der Waals surface area contributed by atoms with Crippen molar-refractivity contribution in [3.63, 3.8) is 0 Å². The molecule has 0 spiro atoms. The van der Waals surface area contributed by atoms with Gasteiger partial charge in [0, 0.05) is 5.92 Å². The maximum Gasteiger partial charge on any atom is 0.00530 e. The van der Waals surface area contributed by atoms with E-state index in [9.17, 15) is 0 Å². The van der Waals surface area contributed by atoms with Crippen LogP contribution in [-0.4, -0.2) is 0 Å². The summed E-state index contributed by atoms with van der Waals surface area (Å²) in [6.07, 6.45) is 12.1. The molecule has 0 aliphatic heterocycles. The topological polar surface area (TPSA) is 0 Å². The van der Waals surface area contributed by atoms with Gasteiger partial charge in [-0.2, -0.15) is 0 Å². The third kappa shape index (κ3) is 1.57. The van der Waals surface area contributed by atoms with E-state index in [1.165, 1.54) is 51.4 Å². The molecule has 7 aliphatic rings. The van der Waals surface area contributed by atoms with Crippen LogP contribution in [-0.2, 0) is 0 Å². The van der Waals surface area contributed by atoms with Gasteiger partial charge in [-0.25, -0.2) is 0 Å². The third-order valence-corrected chi connectivity index (χ3v) is 7.55. The van der Waals surface area contributed by atoms with Crippen molar-refractivity contribution in [3.05, 3.63) is 22.3 Å². The second-order valence-electron chi connectivity index (χ2n) is 9.59. The molecule has 0 aromatic heterocycles. The first-order chi connectivity index (χ1) is 10.1. The lowest BCUT2D eigenvalue weighted by molar-refractivity contribution is 0.171. The highest BCUT2D eigenvalue weighted by atomic mass is 14.6. The first-order valence-corrected chi connectivity index (χ1v) is 9.54. The number of rotatable bonds is 0. The second kappa shape index (κ2) is 4.06. The summed E-state index contributed by atoms with van der Waals surface area (Å²) in [5, 5.41) is 0. The monoisotopic (exact) mass is 282 g/mol. The molecule has 7 rings (SSSR count). The van der Waals surface area contributed by atoms with E-state index in [2.05, 4.69) is 20.8 Å². The minimum Gasteiger partial charge on any atom is -0.0561 e. The molecule has 0 radical (unpaired) electrons. The van der Waals surface area contributed by atoms with Gasteiger partial charge in [-0.3, -0.25) is 0 Å². The molecular weight excluding hydrogens is 252 g/mol. The summed E-state index contributed by atoms with van der Waals surface area (Å²) >= 11 is 0. The van der Waals surface area contributed by atoms with Crippen LogP contribution in [0.25, 0.3) is 0 Å². The predicted octanol–water partition coefficient (Wildman–Crippen LogP) is 5.90. The van der Waals surface area contributed by atoms with E-state index < -0.39 is 0 Å². The molecule has 0 N–H and O–H groups in total. The zero-order chi connectivity index (χ0) is 14.4. The van der Waals surface area contributed by atoms with Gasteiger partial charge in [0.1, 0.15) is 0 Å². The Morgan fingerprint density at radius 2 is 1.19 bits per heavy atom. The minimum atomic E-state index is 0.375. The molecule has 1 unspecified atom stereocenters. The zero-order valence-electron chi connectivity index (χ0n) is 14.0. The van der Waals surface area contributed by atoms with Gasteiger partial charge in [0.2, 0.25) is 0 Å². The second-order valence-corrected chi connectivity index (χ2v) is 9.59. The first-order valence-electron chi connectivity index (χ1n) is 9.54. The Morgan fingerprint density at radius 1 is 0.667 bits per heavy atom.